The minimum absolute atomic E-state index is 0.0745. The Morgan fingerprint density at radius 2 is 2.50 bits per heavy atom. The van der Waals surface area contributed by atoms with Crippen LogP contribution in [0.3, 0.4) is 0 Å². The summed E-state index contributed by atoms with van der Waals surface area (Å²) in [5.41, 5.74) is 1.28. The van der Waals surface area contributed by atoms with Gasteiger partial charge in [0, 0.05) is 44.2 Å². The lowest BCUT2D eigenvalue weighted by Gasteiger charge is -2.41. The molecule has 2 aliphatic rings. The second kappa shape index (κ2) is 5.97. The number of nitrogens with zero attached hydrogens (tertiary/aromatic N) is 1. The average Bonchev–Trinajstić information content (AvgIpc) is 2.96. The molecular weight excluding hydrogens is 254 g/mol. The number of hydrogen-bond donors (Lipinski definition) is 2. The smallest absolute Gasteiger partial charge is 0.238 e. The van der Waals surface area contributed by atoms with Crippen LogP contribution in [0.25, 0.3) is 0 Å². The Bertz CT molecular complexity index is 471. The van der Waals surface area contributed by atoms with Gasteiger partial charge in [-0.05, 0) is 25.8 Å². The first-order valence-corrected chi connectivity index (χ1v) is 7.61. The predicted molar refractivity (Wildman–Crippen MR) is 76.4 cm³/mol. The summed E-state index contributed by atoms with van der Waals surface area (Å²) in [6.07, 6.45) is 5.06. The maximum Gasteiger partial charge on any atom is 0.238 e. The number of rotatable bonds is 3. The summed E-state index contributed by atoms with van der Waals surface area (Å²) in [5.74, 6) is 1.24. The maximum atomic E-state index is 12.3. The van der Waals surface area contributed by atoms with Crippen LogP contribution in [0.4, 0.5) is 0 Å². The van der Waals surface area contributed by atoms with E-state index in [4.69, 9.17) is 4.42 Å². The van der Waals surface area contributed by atoms with E-state index in [1.165, 1.54) is 5.56 Å². The number of nitrogens with one attached hydrogen (secondary N) is 2. The molecule has 1 aromatic heterocycles. The van der Waals surface area contributed by atoms with Crippen molar-refractivity contribution >= 4 is 5.91 Å². The van der Waals surface area contributed by atoms with E-state index in [0.29, 0.717) is 12.6 Å². The summed E-state index contributed by atoms with van der Waals surface area (Å²) in [5, 5.41) is 6.29. The monoisotopic (exact) mass is 277 g/mol. The van der Waals surface area contributed by atoms with Crippen molar-refractivity contribution in [3.8, 4) is 0 Å². The molecule has 2 heterocycles. The van der Waals surface area contributed by atoms with Crippen molar-refractivity contribution in [1.82, 2.24) is 15.5 Å². The first kappa shape index (κ1) is 13.6. The van der Waals surface area contributed by atoms with Gasteiger partial charge in [0.25, 0.3) is 0 Å². The molecule has 1 aromatic rings. The van der Waals surface area contributed by atoms with Crippen LogP contribution in [0.2, 0.25) is 0 Å². The zero-order chi connectivity index (χ0) is 13.9. The summed E-state index contributed by atoms with van der Waals surface area (Å²) in [4.78, 5) is 14.6. The molecule has 0 bridgehead atoms. The largest absolute Gasteiger partial charge is 0.469 e. The lowest BCUT2D eigenvalue weighted by Crippen LogP contribution is -2.58. The number of piperazine rings is 1. The molecule has 2 unspecified atom stereocenters. The molecule has 1 amide bonds. The summed E-state index contributed by atoms with van der Waals surface area (Å²) >= 11 is 0. The Kier molecular flexibility index (Phi) is 4.08. The maximum absolute atomic E-state index is 12.3. The number of amides is 1. The Hall–Kier alpha value is -1.33. The number of carbonyl (C=O) groups is 1. The number of aryl methyl sites for hydroxylation is 1. The molecule has 2 atom stereocenters. The number of fused-ring (bicyclic) bond motifs is 1. The fourth-order valence-corrected chi connectivity index (χ4v) is 3.43. The van der Waals surface area contributed by atoms with Gasteiger partial charge < -0.3 is 15.1 Å². The summed E-state index contributed by atoms with van der Waals surface area (Å²) < 4.78 is 5.58. The zero-order valence-electron chi connectivity index (χ0n) is 12.0. The van der Waals surface area contributed by atoms with Gasteiger partial charge in [0.15, 0.2) is 0 Å². The highest BCUT2D eigenvalue weighted by Crippen LogP contribution is 2.36. The first-order chi connectivity index (χ1) is 9.81. The molecule has 110 valence electrons. The van der Waals surface area contributed by atoms with E-state index in [9.17, 15) is 4.79 Å². The summed E-state index contributed by atoms with van der Waals surface area (Å²) in [6.45, 7) is 5.24. The van der Waals surface area contributed by atoms with Crippen LogP contribution in [-0.2, 0) is 11.2 Å². The minimum atomic E-state index is -0.0745. The standard InChI is InChI=1S/C15H23N3O2/c1-2-17-15(19)13-10-16-7-8-18(13)12-4-3-5-14-11(12)6-9-20-14/h6,9,12-13,16H,2-5,7-8,10H2,1H3,(H,17,19). The molecule has 1 aliphatic heterocycles. The second-order valence-corrected chi connectivity index (χ2v) is 5.56. The number of furan rings is 1. The second-order valence-electron chi connectivity index (χ2n) is 5.56. The number of likely N-dealkylation sites (N-methyl/N-ethyl adjacent to an activating group) is 1. The molecule has 20 heavy (non-hydrogen) atoms. The normalized spacial score (nSPS) is 27.1. The van der Waals surface area contributed by atoms with Crippen LogP contribution in [0.15, 0.2) is 16.7 Å². The van der Waals surface area contributed by atoms with Gasteiger partial charge in [-0.15, -0.1) is 0 Å². The van der Waals surface area contributed by atoms with Gasteiger partial charge in [0.2, 0.25) is 5.91 Å². The van der Waals surface area contributed by atoms with E-state index in [-0.39, 0.29) is 11.9 Å². The van der Waals surface area contributed by atoms with Crippen LogP contribution in [0.5, 0.6) is 0 Å². The molecule has 3 rings (SSSR count). The highest BCUT2D eigenvalue weighted by molar-refractivity contribution is 5.82. The van der Waals surface area contributed by atoms with E-state index < -0.39 is 0 Å². The third kappa shape index (κ3) is 2.47. The van der Waals surface area contributed by atoms with Crippen molar-refractivity contribution in [2.45, 2.75) is 38.3 Å². The van der Waals surface area contributed by atoms with Crippen molar-refractivity contribution < 1.29 is 9.21 Å². The molecule has 2 N–H and O–H groups in total. The molecule has 5 heteroatoms. The van der Waals surface area contributed by atoms with Crippen LogP contribution < -0.4 is 10.6 Å². The van der Waals surface area contributed by atoms with Crippen molar-refractivity contribution in [2.24, 2.45) is 0 Å². The SMILES string of the molecule is CCNC(=O)C1CNCCN1C1CCCc2occc21. The number of hydrogen-bond acceptors (Lipinski definition) is 4. The molecule has 1 aliphatic carbocycles. The third-order valence-electron chi connectivity index (χ3n) is 4.36. The van der Waals surface area contributed by atoms with E-state index in [0.717, 1.165) is 44.7 Å². The number of carbonyl (C=O) groups excluding carboxylic acids is 1. The Morgan fingerprint density at radius 3 is 3.35 bits per heavy atom. The van der Waals surface area contributed by atoms with Gasteiger partial charge in [0.1, 0.15) is 11.8 Å². The Labute approximate surface area is 119 Å². The molecule has 1 saturated heterocycles. The summed E-state index contributed by atoms with van der Waals surface area (Å²) in [7, 11) is 0. The van der Waals surface area contributed by atoms with Gasteiger partial charge in [-0.1, -0.05) is 0 Å². The van der Waals surface area contributed by atoms with E-state index in [1.54, 1.807) is 6.26 Å². The highest BCUT2D eigenvalue weighted by atomic mass is 16.3. The minimum Gasteiger partial charge on any atom is -0.469 e. The Balaban J connectivity index is 1.82. The average molecular weight is 277 g/mol. The van der Waals surface area contributed by atoms with Gasteiger partial charge in [-0.3, -0.25) is 9.69 Å². The third-order valence-corrected chi connectivity index (χ3v) is 4.36. The molecule has 0 saturated carbocycles. The lowest BCUT2D eigenvalue weighted by atomic mass is 9.90. The van der Waals surface area contributed by atoms with Gasteiger partial charge >= 0.3 is 0 Å². The van der Waals surface area contributed by atoms with Crippen LogP contribution in [0.1, 0.15) is 37.1 Å². The van der Waals surface area contributed by atoms with E-state index in [1.807, 2.05) is 6.92 Å². The highest BCUT2D eigenvalue weighted by Gasteiger charge is 2.36. The van der Waals surface area contributed by atoms with E-state index >= 15 is 0 Å². The molecule has 0 aromatic carbocycles. The molecule has 1 fully saturated rings. The van der Waals surface area contributed by atoms with Crippen LogP contribution >= 0.6 is 0 Å². The fraction of sp³-hybridized carbons (Fsp3) is 0.667. The van der Waals surface area contributed by atoms with Crippen molar-refractivity contribution in [2.75, 3.05) is 26.2 Å². The summed E-state index contributed by atoms with van der Waals surface area (Å²) in [6, 6.07) is 2.33. The predicted octanol–water partition coefficient (Wildman–Crippen LogP) is 1.07. The fourth-order valence-electron chi connectivity index (χ4n) is 3.43. The molecule has 5 nitrogen and oxygen atoms in total. The topological polar surface area (TPSA) is 57.5 Å². The van der Waals surface area contributed by atoms with Crippen molar-refractivity contribution in [3.63, 3.8) is 0 Å². The van der Waals surface area contributed by atoms with Gasteiger partial charge in [0.05, 0.1) is 6.26 Å². The zero-order valence-corrected chi connectivity index (χ0v) is 12.0. The van der Waals surface area contributed by atoms with Crippen molar-refractivity contribution in [3.05, 3.63) is 23.7 Å². The quantitative estimate of drug-likeness (QED) is 0.867. The molecule has 0 spiro atoms. The van der Waals surface area contributed by atoms with E-state index in [2.05, 4.69) is 21.6 Å². The lowest BCUT2D eigenvalue weighted by molar-refractivity contribution is -0.128. The van der Waals surface area contributed by atoms with Gasteiger partial charge in [-0.25, -0.2) is 0 Å². The van der Waals surface area contributed by atoms with Crippen LogP contribution in [0, 0.1) is 0 Å². The molecule has 0 radical (unpaired) electrons. The molecular formula is C15H23N3O2. The van der Waals surface area contributed by atoms with Crippen molar-refractivity contribution in [1.29, 1.82) is 0 Å². The van der Waals surface area contributed by atoms with Crippen LogP contribution in [-0.4, -0.2) is 43.0 Å². The first-order valence-electron chi connectivity index (χ1n) is 7.61. The van der Waals surface area contributed by atoms with Gasteiger partial charge in [-0.2, -0.15) is 0 Å². The Morgan fingerprint density at radius 1 is 1.60 bits per heavy atom.